The molecule has 14 heteroatoms. The zero-order chi connectivity index (χ0) is 27.4. The summed E-state index contributed by atoms with van der Waals surface area (Å²) in [6, 6.07) is 4.66. The third-order valence-electron chi connectivity index (χ3n) is 6.36. The average molecular weight is 551 g/mol. The highest BCUT2D eigenvalue weighted by Gasteiger charge is 2.37. The Morgan fingerprint density at radius 1 is 1.08 bits per heavy atom. The number of nitrogens with zero attached hydrogens (tertiary/aromatic N) is 6. The molecule has 0 aliphatic carbocycles. The molecule has 0 N–H and O–H groups in total. The van der Waals surface area contributed by atoms with Gasteiger partial charge in [-0.1, -0.05) is 16.8 Å². The SMILES string of the molecule is Cc1nc2c(-c3ccc(Cl)cc3F)nc(N3CCN(C(=O)c4cc(C(F)(F)F)no4)CC3)cn2c(=O)c1C. The maximum Gasteiger partial charge on any atom is 0.436 e. The second-order valence-electron chi connectivity index (χ2n) is 8.75. The molecule has 4 aromatic rings. The number of benzene rings is 1. The lowest BCUT2D eigenvalue weighted by Gasteiger charge is -2.35. The number of anilines is 1. The molecule has 0 unspecified atom stereocenters. The van der Waals surface area contributed by atoms with Crippen molar-refractivity contribution >= 4 is 29.0 Å². The van der Waals surface area contributed by atoms with E-state index >= 15 is 0 Å². The topological polar surface area (TPSA) is 96.8 Å². The Kier molecular flexibility index (Phi) is 6.33. The van der Waals surface area contributed by atoms with Gasteiger partial charge in [-0.25, -0.2) is 14.4 Å². The molecule has 3 aromatic heterocycles. The number of fused-ring (bicyclic) bond motifs is 1. The number of aromatic nitrogens is 4. The molecule has 9 nitrogen and oxygen atoms in total. The summed E-state index contributed by atoms with van der Waals surface area (Å²) in [7, 11) is 0. The van der Waals surface area contributed by atoms with Crippen molar-refractivity contribution < 1.29 is 26.9 Å². The highest BCUT2D eigenvalue weighted by molar-refractivity contribution is 6.30. The molecule has 0 atom stereocenters. The Balaban J connectivity index is 1.48. The average Bonchev–Trinajstić information content (AvgIpc) is 3.38. The van der Waals surface area contributed by atoms with Crippen LogP contribution in [0.4, 0.5) is 23.4 Å². The van der Waals surface area contributed by atoms with Gasteiger partial charge in [-0.2, -0.15) is 13.2 Å². The summed E-state index contributed by atoms with van der Waals surface area (Å²) in [6.45, 7) is 4.05. The first-order valence-corrected chi connectivity index (χ1v) is 11.8. The summed E-state index contributed by atoms with van der Waals surface area (Å²) in [4.78, 5) is 38.0. The van der Waals surface area contributed by atoms with Gasteiger partial charge in [0, 0.05) is 54.1 Å². The van der Waals surface area contributed by atoms with E-state index in [1.807, 2.05) is 0 Å². The van der Waals surface area contributed by atoms with Crippen LogP contribution in [0.2, 0.25) is 5.02 Å². The second-order valence-corrected chi connectivity index (χ2v) is 9.18. The van der Waals surface area contributed by atoms with Crippen molar-refractivity contribution in [3.8, 4) is 11.3 Å². The van der Waals surface area contributed by atoms with Gasteiger partial charge in [0.1, 0.15) is 17.3 Å². The second kappa shape index (κ2) is 9.39. The normalized spacial score (nSPS) is 14.4. The van der Waals surface area contributed by atoms with Crippen molar-refractivity contribution in [2.75, 3.05) is 31.1 Å². The van der Waals surface area contributed by atoms with Gasteiger partial charge in [-0.15, -0.1) is 0 Å². The van der Waals surface area contributed by atoms with Gasteiger partial charge < -0.3 is 14.3 Å². The van der Waals surface area contributed by atoms with Crippen LogP contribution in [0, 0.1) is 19.7 Å². The van der Waals surface area contributed by atoms with Crippen molar-refractivity contribution in [3.63, 3.8) is 0 Å². The molecule has 0 radical (unpaired) electrons. The van der Waals surface area contributed by atoms with E-state index in [9.17, 15) is 27.2 Å². The van der Waals surface area contributed by atoms with E-state index in [0.717, 1.165) is 6.07 Å². The number of piperazine rings is 1. The van der Waals surface area contributed by atoms with Gasteiger partial charge in [0.25, 0.3) is 11.5 Å². The van der Waals surface area contributed by atoms with Crippen molar-refractivity contribution in [2.45, 2.75) is 20.0 Å². The van der Waals surface area contributed by atoms with Crippen LogP contribution in [0.5, 0.6) is 0 Å². The molecule has 5 rings (SSSR count). The van der Waals surface area contributed by atoms with Crippen molar-refractivity contribution in [1.82, 2.24) is 24.4 Å². The first-order valence-electron chi connectivity index (χ1n) is 11.4. The van der Waals surface area contributed by atoms with E-state index in [1.54, 1.807) is 18.7 Å². The van der Waals surface area contributed by atoms with E-state index in [4.69, 9.17) is 11.6 Å². The molecule has 1 fully saturated rings. The number of aryl methyl sites for hydroxylation is 1. The Morgan fingerprint density at radius 3 is 2.42 bits per heavy atom. The number of rotatable bonds is 3. The summed E-state index contributed by atoms with van der Waals surface area (Å²) in [5, 5.41) is 3.12. The predicted octanol–water partition coefficient (Wildman–Crippen LogP) is 4.14. The maximum atomic E-state index is 14.9. The lowest BCUT2D eigenvalue weighted by molar-refractivity contribution is -0.142. The number of carbonyl (C=O) groups is 1. The predicted molar refractivity (Wildman–Crippen MR) is 129 cm³/mol. The van der Waals surface area contributed by atoms with Gasteiger partial charge in [-0.05, 0) is 32.0 Å². The van der Waals surface area contributed by atoms with Crippen LogP contribution in [0.1, 0.15) is 27.5 Å². The standard InChI is InChI=1S/C24H19ClF4N6O3/c1-12-13(2)30-21-20(15-4-3-14(25)9-16(15)26)31-19(11-35(21)22(12)36)33-5-7-34(8-6-33)23(37)17-10-18(32-38-17)24(27,28)29/h3-4,9-11H,5-8H2,1-2H3. The van der Waals surface area contributed by atoms with E-state index in [0.29, 0.717) is 23.1 Å². The third kappa shape index (κ3) is 4.57. The molecular formula is C24H19ClF4N6O3. The van der Waals surface area contributed by atoms with E-state index in [2.05, 4.69) is 19.6 Å². The maximum absolute atomic E-state index is 14.9. The Hall–Kier alpha value is -4.00. The molecular weight excluding hydrogens is 532 g/mol. The molecule has 0 saturated carbocycles. The summed E-state index contributed by atoms with van der Waals surface area (Å²) in [5.41, 5.74) is -0.322. The summed E-state index contributed by atoms with van der Waals surface area (Å²) < 4.78 is 59.3. The summed E-state index contributed by atoms with van der Waals surface area (Å²) in [5.74, 6) is -1.55. The molecule has 198 valence electrons. The fraction of sp³-hybridized carbons (Fsp3) is 0.292. The zero-order valence-corrected chi connectivity index (χ0v) is 20.8. The van der Waals surface area contributed by atoms with Crippen LogP contribution in [0.15, 0.2) is 39.8 Å². The fourth-order valence-electron chi connectivity index (χ4n) is 4.14. The number of hydrogen-bond donors (Lipinski definition) is 0. The minimum Gasteiger partial charge on any atom is -0.352 e. The van der Waals surface area contributed by atoms with E-state index < -0.39 is 29.4 Å². The first-order chi connectivity index (χ1) is 17.9. The monoisotopic (exact) mass is 550 g/mol. The quantitative estimate of drug-likeness (QED) is 0.354. The lowest BCUT2D eigenvalue weighted by atomic mass is 10.1. The highest BCUT2D eigenvalue weighted by Crippen LogP contribution is 2.30. The van der Waals surface area contributed by atoms with Gasteiger partial charge in [-0.3, -0.25) is 14.0 Å². The van der Waals surface area contributed by atoms with Crippen molar-refractivity contribution in [3.05, 3.63) is 74.4 Å². The largest absolute Gasteiger partial charge is 0.436 e. The minimum atomic E-state index is -4.73. The van der Waals surface area contributed by atoms with Crippen LogP contribution < -0.4 is 10.5 Å². The van der Waals surface area contributed by atoms with E-state index in [1.165, 1.54) is 27.6 Å². The highest BCUT2D eigenvalue weighted by atomic mass is 35.5. The number of amides is 1. The molecule has 1 aliphatic heterocycles. The van der Waals surface area contributed by atoms with Crippen LogP contribution in [-0.4, -0.2) is 56.5 Å². The van der Waals surface area contributed by atoms with Crippen molar-refractivity contribution in [1.29, 1.82) is 0 Å². The molecule has 38 heavy (non-hydrogen) atoms. The summed E-state index contributed by atoms with van der Waals surface area (Å²) >= 11 is 5.92. The van der Waals surface area contributed by atoms with Gasteiger partial charge in [0.05, 0.1) is 6.20 Å². The Morgan fingerprint density at radius 2 is 1.79 bits per heavy atom. The Bertz CT molecular complexity index is 1630. The van der Waals surface area contributed by atoms with Crippen LogP contribution in [0.3, 0.4) is 0 Å². The fourth-order valence-corrected chi connectivity index (χ4v) is 4.30. The molecule has 4 heterocycles. The number of halogens is 5. The van der Waals surface area contributed by atoms with Crippen LogP contribution in [0.25, 0.3) is 16.9 Å². The van der Waals surface area contributed by atoms with E-state index in [-0.39, 0.29) is 53.7 Å². The third-order valence-corrected chi connectivity index (χ3v) is 6.59. The summed E-state index contributed by atoms with van der Waals surface area (Å²) in [6.07, 6.45) is -3.23. The molecule has 1 saturated heterocycles. The first kappa shape index (κ1) is 25.6. The van der Waals surface area contributed by atoms with Crippen LogP contribution >= 0.6 is 11.6 Å². The van der Waals surface area contributed by atoms with Gasteiger partial charge in [0.15, 0.2) is 11.3 Å². The van der Waals surface area contributed by atoms with Crippen molar-refractivity contribution in [2.24, 2.45) is 0 Å². The Labute approximate surface area is 217 Å². The molecule has 1 aliphatic rings. The lowest BCUT2D eigenvalue weighted by Crippen LogP contribution is -2.49. The minimum absolute atomic E-state index is 0.100. The van der Waals surface area contributed by atoms with Crippen LogP contribution in [-0.2, 0) is 6.18 Å². The zero-order valence-electron chi connectivity index (χ0n) is 20.0. The van der Waals surface area contributed by atoms with Gasteiger partial charge in [0.2, 0.25) is 5.76 Å². The molecule has 0 spiro atoms. The van der Waals surface area contributed by atoms with Gasteiger partial charge >= 0.3 is 6.18 Å². The molecule has 1 aromatic carbocycles. The number of hydrogen-bond acceptors (Lipinski definition) is 7. The molecule has 0 bridgehead atoms. The molecule has 1 amide bonds. The smallest absolute Gasteiger partial charge is 0.352 e. The number of carbonyl (C=O) groups excluding carboxylic acids is 1. The number of alkyl halides is 3.